The highest BCUT2D eigenvalue weighted by Gasteiger charge is 2.34. The van der Waals surface area contributed by atoms with Crippen molar-refractivity contribution in [2.45, 2.75) is 51.6 Å². The van der Waals surface area contributed by atoms with Crippen LogP contribution in [0.15, 0.2) is 24.3 Å². The van der Waals surface area contributed by atoms with Crippen LogP contribution < -0.4 is 5.32 Å². The average molecular weight is 358 g/mol. The van der Waals surface area contributed by atoms with Crippen molar-refractivity contribution in [3.63, 3.8) is 0 Å². The number of nitrogens with one attached hydrogen (secondary N) is 1. The molecule has 1 N–H and O–H groups in total. The monoisotopic (exact) mass is 358 g/mol. The molecule has 0 bridgehead atoms. The second-order valence-electron chi connectivity index (χ2n) is 6.95. The Hall–Kier alpha value is -2.25. The minimum Gasteiger partial charge on any atom is -0.444 e. The van der Waals surface area contributed by atoms with Gasteiger partial charge in [0.05, 0.1) is 5.56 Å². The number of hydrogen-bond donors (Lipinski definition) is 1. The smallest absolute Gasteiger partial charge is 0.416 e. The standard InChI is InChI=1S/C17H21F3N2O3/c1-16(2,3)25-15(24)21-13-7-8-22(14(13)23)10-11-5-4-6-12(9-11)17(18,19)20/h4-6,9,13H,7-8,10H2,1-3H3,(H,21,24). The lowest BCUT2D eigenvalue weighted by Crippen LogP contribution is -2.43. The van der Waals surface area contributed by atoms with Crippen LogP contribution in [0.5, 0.6) is 0 Å². The van der Waals surface area contributed by atoms with Gasteiger partial charge in [0.15, 0.2) is 0 Å². The number of carbonyl (C=O) groups excluding carboxylic acids is 2. The zero-order valence-corrected chi connectivity index (χ0v) is 14.3. The second kappa shape index (κ2) is 6.93. The van der Waals surface area contributed by atoms with Crippen molar-refractivity contribution in [3.8, 4) is 0 Å². The molecule has 1 unspecified atom stereocenters. The van der Waals surface area contributed by atoms with Crippen LogP contribution in [0.25, 0.3) is 0 Å². The van der Waals surface area contributed by atoms with E-state index >= 15 is 0 Å². The summed E-state index contributed by atoms with van der Waals surface area (Å²) >= 11 is 0. The van der Waals surface area contributed by atoms with Crippen molar-refractivity contribution < 1.29 is 27.5 Å². The normalized spacial score (nSPS) is 18.4. The highest BCUT2D eigenvalue weighted by Crippen LogP contribution is 2.30. The largest absolute Gasteiger partial charge is 0.444 e. The Morgan fingerprint density at radius 2 is 2.00 bits per heavy atom. The number of carbonyl (C=O) groups is 2. The number of alkyl halides is 3. The number of ether oxygens (including phenoxy) is 1. The molecule has 1 aliphatic heterocycles. The predicted octanol–water partition coefficient (Wildman–Crippen LogP) is 3.33. The summed E-state index contributed by atoms with van der Waals surface area (Å²) in [4.78, 5) is 25.5. The third-order valence-corrected chi connectivity index (χ3v) is 3.62. The van der Waals surface area contributed by atoms with Crippen LogP contribution in [0.2, 0.25) is 0 Å². The number of rotatable bonds is 3. The Kier molecular flexibility index (Phi) is 5.29. The van der Waals surface area contributed by atoms with Gasteiger partial charge in [-0.05, 0) is 44.9 Å². The van der Waals surface area contributed by atoms with E-state index in [-0.39, 0.29) is 12.5 Å². The summed E-state index contributed by atoms with van der Waals surface area (Å²) in [5, 5.41) is 2.50. The molecule has 1 heterocycles. The molecular formula is C17H21F3N2O3. The quantitative estimate of drug-likeness (QED) is 0.902. The number of nitrogens with zero attached hydrogens (tertiary/aromatic N) is 1. The molecule has 1 atom stereocenters. The topological polar surface area (TPSA) is 58.6 Å². The van der Waals surface area contributed by atoms with Crippen LogP contribution in [0, 0.1) is 0 Å². The van der Waals surface area contributed by atoms with E-state index in [0.29, 0.717) is 18.5 Å². The van der Waals surface area contributed by atoms with Crippen molar-refractivity contribution in [1.82, 2.24) is 10.2 Å². The maximum absolute atomic E-state index is 12.8. The SMILES string of the molecule is CC(C)(C)OC(=O)NC1CCN(Cc2cccc(C(F)(F)F)c2)C1=O. The van der Waals surface area contributed by atoms with E-state index in [9.17, 15) is 22.8 Å². The number of hydrogen-bond acceptors (Lipinski definition) is 3. The molecular weight excluding hydrogens is 337 g/mol. The highest BCUT2D eigenvalue weighted by atomic mass is 19.4. The predicted molar refractivity (Wildman–Crippen MR) is 84.6 cm³/mol. The first-order chi connectivity index (χ1) is 11.5. The first-order valence-electron chi connectivity index (χ1n) is 7.90. The minimum atomic E-state index is -4.42. The first-order valence-corrected chi connectivity index (χ1v) is 7.90. The fraction of sp³-hybridized carbons (Fsp3) is 0.529. The van der Waals surface area contributed by atoms with Crippen LogP contribution in [-0.2, 0) is 22.3 Å². The molecule has 0 aromatic heterocycles. The fourth-order valence-corrected chi connectivity index (χ4v) is 2.55. The molecule has 2 rings (SSSR count). The highest BCUT2D eigenvalue weighted by molar-refractivity contribution is 5.87. The summed E-state index contributed by atoms with van der Waals surface area (Å²) in [5.74, 6) is -0.330. The van der Waals surface area contributed by atoms with E-state index < -0.39 is 29.5 Å². The number of alkyl carbamates (subject to hydrolysis) is 1. The molecule has 1 aliphatic rings. The number of halogens is 3. The van der Waals surface area contributed by atoms with Crippen LogP contribution in [0.1, 0.15) is 38.3 Å². The van der Waals surface area contributed by atoms with Crippen molar-refractivity contribution in [2.75, 3.05) is 6.54 Å². The van der Waals surface area contributed by atoms with Gasteiger partial charge in [-0.2, -0.15) is 13.2 Å². The van der Waals surface area contributed by atoms with Gasteiger partial charge in [-0.25, -0.2) is 4.79 Å². The summed E-state index contributed by atoms with van der Waals surface area (Å²) in [5.41, 5.74) is -1.04. The Labute approximate surface area is 144 Å². The van der Waals surface area contributed by atoms with Crippen LogP contribution in [0.4, 0.5) is 18.0 Å². The molecule has 138 valence electrons. The molecule has 0 saturated carbocycles. The summed E-state index contributed by atoms with van der Waals surface area (Å²) in [6.07, 6.45) is -4.73. The molecule has 1 aromatic carbocycles. The van der Waals surface area contributed by atoms with E-state index in [1.165, 1.54) is 17.0 Å². The molecule has 1 aromatic rings. The molecule has 2 amide bonds. The average Bonchev–Trinajstić information content (AvgIpc) is 2.78. The Morgan fingerprint density at radius 1 is 1.32 bits per heavy atom. The molecule has 8 heteroatoms. The Bertz CT molecular complexity index is 653. The van der Waals surface area contributed by atoms with Gasteiger partial charge in [-0.15, -0.1) is 0 Å². The molecule has 25 heavy (non-hydrogen) atoms. The zero-order chi connectivity index (χ0) is 18.8. The zero-order valence-electron chi connectivity index (χ0n) is 14.3. The van der Waals surface area contributed by atoms with E-state index in [0.717, 1.165) is 12.1 Å². The van der Waals surface area contributed by atoms with Gasteiger partial charge in [-0.3, -0.25) is 4.79 Å². The molecule has 0 aliphatic carbocycles. The molecule has 1 saturated heterocycles. The van der Waals surface area contributed by atoms with Gasteiger partial charge < -0.3 is 15.0 Å². The summed E-state index contributed by atoms with van der Waals surface area (Å²) in [6.45, 7) is 5.56. The maximum atomic E-state index is 12.8. The Morgan fingerprint density at radius 3 is 2.60 bits per heavy atom. The second-order valence-corrected chi connectivity index (χ2v) is 6.95. The number of amides is 2. The summed E-state index contributed by atoms with van der Waals surface area (Å²) < 4.78 is 43.4. The van der Waals surface area contributed by atoms with Crippen molar-refractivity contribution in [3.05, 3.63) is 35.4 Å². The van der Waals surface area contributed by atoms with Crippen molar-refractivity contribution in [2.24, 2.45) is 0 Å². The Balaban J connectivity index is 1.97. The van der Waals surface area contributed by atoms with Gasteiger partial charge in [0.2, 0.25) is 5.91 Å². The van der Waals surface area contributed by atoms with E-state index in [4.69, 9.17) is 4.74 Å². The molecule has 1 fully saturated rings. The lowest BCUT2D eigenvalue weighted by molar-refractivity contribution is -0.137. The molecule has 0 spiro atoms. The molecule has 0 radical (unpaired) electrons. The third-order valence-electron chi connectivity index (χ3n) is 3.62. The van der Waals surface area contributed by atoms with Crippen LogP contribution in [-0.4, -0.2) is 35.1 Å². The fourth-order valence-electron chi connectivity index (χ4n) is 2.55. The summed E-state index contributed by atoms with van der Waals surface area (Å²) in [7, 11) is 0. The summed E-state index contributed by atoms with van der Waals surface area (Å²) in [6, 6.07) is 4.15. The lowest BCUT2D eigenvalue weighted by Gasteiger charge is -2.22. The van der Waals surface area contributed by atoms with Crippen molar-refractivity contribution >= 4 is 12.0 Å². The number of benzene rings is 1. The molecule has 5 nitrogen and oxygen atoms in total. The van der Waals surface area contributed by atoms with Gasteiger partial charge in [0.1, 0.15) is 11.6 Å². The number of likely N-dealkylation sites (tertiary alicyclic amines) is 1. The van der Waals surface area contributed by atoms with Gasteiger partial charge in [0, 0.05) is 13.1 Å². The maximum Gasteiger partial charge on any atom is 0.416 e. The lowest BCUT2D eigenvalue weighted by atomic mass is 10.1. The van der Waals surface area contributed by atoms with Crippen molar-refractivity contribution in [1.29, 1.82) is 0 Å². The van der Waals surface area contributed by atoms with Gasteiger partial charge in [-0.1, -0.05) is 12.1 Å². The van der Waals surface area contributed by atoms with Gasteiger partial charge in [0.25, 0.3) is 0 Å². The van der Waals surface area contributed by atoms with E-state index in [1.54, 1.807) is 20.8 Å². The third kappa shape index (κ3) is 5.37. The van der Waals surface area contributed by atoms with Crippen LogP contribution >= 0.6 is 0 Å². The van der Waals surface area contributed by atoms with Crippen LogP contribution in [0.3, 0.4) is 0 Å². The van der Waals surface area contributed by atoms with Gasteiger partial charge >= 0.3 is 12.3 Å². The van der Waals surface area contributed by atoms with E-state index in [2.05, 4.69) is 5.32 Å². The first kappa shape index (κ1) is 19.1. The minimum absolute atomic E-state index is 0.0647. The van der Waals surface area contributed by atoms with E-state index in [1.807, 2.05) is 0 Å².